The predicted octanol–water partition coefficient (Wildman–Crippen LogP) is 4.91. The lowest BCUT2D eigenvalue weighted by Crippen LogP contribution is -2.45. The third kappa shape index (κ3) is 4.74. The minimum absolute atomic E-state index is 0.168. The standard InChI is InChI=1S/C24H25ClN2O/c25-22-10-4-8-20(16-22)24(27-14-12-26-13-15-27)21-9-5-11-23(17-21)28-18-19-6-2-1-3-7-19/h1-11,16-17,24,26H,12-15,18H2. The van der Waals surface area contributed by atoms with E-state index in [4.69, 9.17) is 16.3 Å². The lowest BCUT2D eigenvalue weighted by Gasteiger charge is -2.35. The molecule has 1 atom stereocenters. The Kier molecular flexibility index (Phi) is 6.27. The molecule has 1 aliphatic rings. The molecule has 0 spiro atoms. The zero-order valence-corrected chi connectivity index (χ0v) is 16.6. The highest BCUT2D eigenvalue weighted by Crippen LogP contribution is 2.32. The average Bonchev–Trinajstić information content (AvgIpc) is 2.74. The Morgan fingerprint density at radius 1 is 0.857 bits per heavy atom. The molecule has 1 aliphatic heterocycles. The molecule has 3 aromatic rings. The number of nitrogens with zero attached hydrogens (tertiary/aromatic N) is 1. The highest BCUT2D eigenvalue weighted by atomic mass is 35.5. The van der Waals surface area contributed by atoms with Crippen molar-refractivity contribution in [2.24, 2.45) is 0 Å². The number of piperazine rings is 1. The summed E-state index contributed by atoms with van der Waals surface area (Å²) < 4.78 is 6.07. The van der Waals surface area contributed by atoms with Crippen molar-refractivity contribution in [1.29, 1.82) is 0 Å². The molecule has 0 aromatic heterocycles. The van der Waals surface area contributed by atoms with Crippen molar-refractivity contribution in [3.05, 3.63) is 101 Å². The summed E-state index contributed by atoms with van der Waals surface area (Å²) in [7, 11) is 0. The molecule has 1 fully saturated rings. The van der Waals surface area contributed by atoms with Crippen molar-refractivity contribution >= 4 is 11.6 Å². The summed E-state index contributed by atoms with van der Waals surface area (Å²) in [5, 5.41) is 4.21. The normalized spacial score (nSPS) is 15.9. The van der Waals surface area contributed by atoms with Crippen LogP contribution in [0.2, 0.25) is 5.02 Å². The predicted molar refractivity (Wildman–Crippen MR) is 115 cm³/mol. The van der Waals surface area contributed by atoms with Gasteiger partial charge in [-0.3, -0.25) is 4.90 Å². The van der Waals surface area contributed by atoms with Crippen LogP contribution >= 0.6 is 11.6 Å². The molecular weight excluding hydrogens is 368 g/mol. The van der Waals surface area contributed by atoms with Crippen LogP contribution in [0.1, 0.15) is 22.7 Å². The molecule has 0 aliphatic carbocycles. The first-order chi connectivity index (χ1) is 13.8. The minimum Gasteiger partial charge on any atom is -0.489 e. The van der Waals surface area contributed by atoms with E-state index in [-0.39, 0.29) is 6.04 Å². The lowest BCUT2D eigenvalue weighted by molar-refractivity contribution is 0.198. The number of halogens is 1. The summed E-state index contributed by atoms with van der Waals surface area (Å²) in [6.07, 6.45) is 0. The van der Waals surface area contributed by atoms with Gasteiger partial charge in [0.05, 0.1) is 6.04 Å². The molecule has 1 N–H and O–H groups in total. The molecule has 3 nitrogen and oxygen atoms in total. The van der Waals surface area contributed by atoms with Crippen molar-refractivity contribution in [2.45, 2.75) is 12.6 Å². The zero-order valence-electron chi connectivity index (χ0n) is 15.9. The fraction of sp³-hybridized carbons (Fsp3) is 0.250. The summed E-state index contributed by atoms with van der Waals surface area (Å²) in [6.45, 7) is 4.58. The van der Waals surface area contributed by atoms with Crippen LogP contribution in [-0.4, -0.2) is 31.1 Å². The van der Waals surface area contributed by atoms with E-state index in [9.17, 15) is 0 Å². The third-order valence-corrected chi connectivity index (χ3v) is 5.34. The Balaban J connectivity index is 1.60. The fourth-order valence-corrected chi connectivity index (χ4v) is 3.95. The summed E-state index contributed by atoms with van der Waals surface area (Å²) >= 11 is 6.31. The third-order valence-electron chi connectivity index (χ3n) is 5.10. The van der Waals surface area contributed by atoms with Gasteiger partial charge in [-0.15, -0.1) is 0 Å². The van der Waals surface area contributed by atoms with Gasteiger partial charge in [0.25, 0.3) is 0 Å². The van der Waals surface area contributed by atoms with Gasteiger partial charge in [0.1, 0.15) is 12.4 Å². The quantitative estimate of drug-likeness (QED) is 0.644. The number of hydrogen-bond acceptors (Lipinski definition) is 3. The summed E-state index contributed by atoms with van der Waals surface area (Å²) in [4.78, 5) is 2.51. The second-order valence-corrected chi connectivity index (χ2v) is 7.53. The molecule has 4 rings (SSSR count). The van der Waals surface area contributed by atoms with Crippen LogP contribution < -0.4 is 10.1 Å². The highest BCUT2D eigenvalue weighted by molar-refractivity contribution is 6.30. The first-order valence-electron chi connectivity index (χ1n) is 9.76. The van der Waals surface area contributed by atoms with Crippen LogP contribution in [0.4, 0.5) is 0 Å². The number of hydrogen-bond donors (Lipinski definition) is 1. The van der Waals surface area contributed by atoms with Gasteiger partial charge in [0, 0.05) is 31.2 Å². The van der Waals surface area contributed by atoms with Gasteiger partial charge in [-0.05, 0) is 41.0 Å². The van der Waals surface area contributed by atoms with E-state index in [0.29, 0.717) is 6.61 Å². The van der Waals surface area contributed by atoms with Gasteiger partial charge in [-0.25, -0.2) is 0 Å². The maximum atomic E-state index is 6.31. The lowest BCUT2D eigenvalue weighted by atomic mass is 9.96. The molecule has 0 amide bonds. The molecule has 28 heavy (non-hydrogen) atoms. The molecule has 0 saturated carbocycles. The van der Waals surface area contributed by atoms with Crippen molar-refractivity contribution < 1.29 is 4.74 Å². The Morgan fingerprint density at radius 2 is 1.57 bits per heavy atom. The van der Waals surface area contributed by atoms with E-state index in [1.165, 1.54) is 16.7 Å². The average molecular weight is 393 g/mol. The maximum absolute atomic E-state index is 6.31. The van der Waals surface area contributed by atoms with E-state index in [1.807, 2.05) is 36.4 Å². The second kappa shape index (κ2) is 9.24. The van der Waals surface area contributed by atoms with E-state index in [2.05, 4.69) is 52.7 Å². The van der Waals surface area contributed by atoms with E-state index in [1.54, 1.807) is 0 Å². The fourth-order valence-electron chi connectivity index (χ4n) is 3.75. The SMILES string of the molecule is Clc1cccc(C(c2cccc(OCc3ccccc3)c2)N2CCNCC2)c1. The number of benzene rings is 3. The largest absolute Gasteiger partial charge is 0.489 e. The van der Waals surface area contributed by atoms with Crippen molar-refractivity contribution in [1.82, 2.24) is 10.2 Å². The number of rotatable bonds is 6. The zero-order chi connectivity index (χ0) is 19.2. The molecule has 0 bridgehead atoms. The van der Waals surface area contributed by atoms with Gasteiger partial charge in [-0.1, -0.05) is 66.2 Å². The van der Waals surface area contributed by atoms with Gasteiger partial charge in [0.2, 0.25) is 0 Å². The number of ether oxygens (including phenoxy) is 1. The van der Waals surface area contributed by atoms with Crippen LogP contribution in [0, 0.1) is 0 Å². The van der Waals surface area contributed by atoms with Crippen LogP contribution in [-0.2, 0) is 6.61 Å². The van der Waals surface area contributed by atoms with Crippen molar-refractivity contribution in [3.63, 3.8) is 0 Å². The minimum atomic E-state index is 0.168. The Hall–Kier alpha value is -2.33. The van der Waals surface area contributed by atoms with E-state index >= 15 is 0 Å². The Morgan fingerprint density at radius 3 is 2.32 bits per heavy atom. The van der Waals surface area contributed by atoms with Crippen molar-refractivity contribution in [2.75, 3.05) is 26.2 Å². The topological polar surface area (TPSA) is 24.5 Å². The Labute approximate surface area is 171 Å². The highest BCUT2D eigenvalue weighted by Gasteiger charge is 2.24. The summed E-state index contributed by atoms with van der Waals surface area (Å²) in [5.74, 6) is 0.892. The smallest absolute Gasteiger partial charge is 0.120 e. The molecule has 3 aromatic carbocycles. The first kappa shape index (κ1) is 19.0. The van der Waals surface area contributed by atoms with E-state index in [0.717, 1.165) is 37.0 Å². The summed E-state index contributed by atoms with van der Waals surface area (Å²) in [5.41, 5.74) is 3.62. The van der Waals surface area contributed by atoms with Crippen LogP contribution in [0.5, 0.6) is 5.75 Å². The molecule has 144 valence electrons. The molecule has 0 radical (unpaired) electrons. The summed E-state index contributed by atoms with van der Waals surface area (Å²) in [6, 6.07) is 27.1. The van der Waals surface area contributed by atoms with Gasteiger partial charge < -0.3 is 10.1 Å². The molecule has 4 heteroatoms. The molecule has 1 heterocycles. The van der Waals surface area contributed by atoms with Crippen LogP contribution in [0.15, 0.2) is 78.9 Å². The second-order valence-electron chi connectivity index (χ2n) is 7.09. The first-order valence-corrected chi connectivity index (χ1v) is 10.1. The molecular formula is C24H25ClN2O. The number of nitrogens with one attached hydrogen (secondary N) is 1. The maximum Gasteiger partial charge on any atom is 0.120 e. The van der Waals surface area contributed by atoms with Crippen LogP contribution in [0.25, 0.3) is 0 Å². The molecule has 1 saturated heterocycles. The van der Waals surface area contributed by atoms with Gasteiger partial charge in [0.15, 0.2) is 0 Å². The monoisotopic (exact) mass is 392 g/mol. The van der Waals surface area contributed by atoms with E-state index < -0.39 is 0 Å². The van der Waals surface area contributed by atoms with Gasteiger partial charge in [-0.2, -0.15) is 0 Å². The van der Waals surface area contributed by atoms with Crippen molar-refractivity contribution in [3.8, 4) is 5.75 Å². The molecule has 1 unspecified atom stereocenters. The van der Waals surface area contributed by atoms with Gasteiger partial charge >= 0.3 is 0 Å². The Bertz CT molecular complexity index is 894. The van der Waals surface area contributed by atoms with Crippen LogP contribution in [0.3, 0.4) is 0 Å².